The van der Waals surface area contributed by atoms with E-state index < -0.39 is 15.3 Å². The van der Waals surface area contributed by atoms with Gasteiger partial charge in [-0.05, 0) is 66.4 Å². The lowest BCUT2D eigenvalue weighted by Gasteiger charge is -2.12. The van der Waals surface area contributed by atoms with E-state index in [-0.39, 0.29) is 22.7 Å². The van der Waals surface area contributed by atoms with E-state index in [0.29, 0.717) is 17.1 Å². The monoisotopic (exact) mass is 519 g/mol. The molecule has 0 radical (unpaired) electrons. The first-order chi connectivity index (χ1) is 17.7. The molecule has 0 unspecified atom stereocenters. The fourth-order valence-electron chi connectivity index (χ4n) is 5.38. The highest BCUT2D eigenvalue weighted by Crippen LogP contribution is 2.65. The molecule has 3 heterocycles. The van der Waals surface area contributed by atoms with E-state index in [2.05, 4.69) is 25.8 Å². The Kier molecular flexibility index (Phi) is 5.00. The molecule has 1 spiro atoms. The first-order valence-corrected chi connectivity index (χ1v) is 13.6. The van der Waals surface area contributed by atoms with E-state index in [4.69, 9.17) is 9.47 Å². The number of rotatable bonds is 6. The fraction of sp³-hybridized carbons (Fsp3) is 0.269. The molecule has 1 aliphatic carbocycles. The van der Waals surface area contributed by atoms with Crippen molar-refractivity contribution in [1.29, 1.82) is 0 Å². The van der Waals surface area contributed by atoms with Crippen molar-refractivity contribution in [2.75, 3.05) is 31.1 Å². The zero-order chi connectivity index (χ0) is 26.1. The van der Waals surface area contributed by atoms with Gasteiger partial charge in [-0.25, -0.2) is 8.42 Å². The van der Waals surface area contributed by atoms with Crippen molar-refractivity contribution in [3.63, 3.8) is 0 Å². The number of nitrogens with zero attached hydrogens (tertiary/aromatic N) is 2. The second-order valence-corrected chi connectivity index (χ2v) is 11.5. The fourth-order valence-corrected chi connectivity index (χ4v) is 6.27. The molecule has 11 heteroatoms. The minimum Gasteiger partial charge on any atom is -0.497 e. The van der Waals surface area contributed by atoms with E-state index >= 15 is 0 Å². The Morgan fingerprint density at radius 2 is 1.92 bits per heavy atom. The van der Waals surface area contributed by atoms with Gasteiger partial charge in [0.25, 0.3) is 0 Å². The first kappa shape index (κ1) is 23.3. The SMILES string of the molecule is COc1ccc2c(c1)[C@]1(C[C@H]1c1ccc3c(Nc4cc(C)c(S(C)(=O)=O)nc4OC)n[nH]c3c1)C(=O)N2. The lowest BCUT2D eigenvalue weighted by atomic mass is 9.91. The maximum Gasteiger partial charge on any atom is 0.238 e. The standard InChI is InChI=1S/C26H25N5O5S/c1-13-9-21(23(36-3)29-24(13)37(4,33)34)27-22-16-7-5-14(10-20(16)30-31-22)18-12-26(18)17-11-15(35-2)6-8-19(17)28-25(26)32/h5-11,18H,12H2,1-4H3,(H,28,32)(H2,27,30,31)/t18-,26-/m0/s1. The molecule has 4 aromatic rings. The molecule has 6 rings (SSSR count). The number of aromatic nitrogens is 3. The summed E-state index contributed by atoms with van der Waals surface area (Å²) in [7, 11) is -0.447. The predicted molar refractivity (Wildman–Crippen MR) is 139 cm³/mol. The molecule has 3 N–H and O–H groups in total. The van der Waals surface area contributed by atoms with Gasteiger partial charge < -0.3 is 20.1 Å². The van der Waals surface area contributed by atoms with Crippen LogP contribution in [0.4, 0.5) is 17.2 Å². The highest BCUT2D eigenvalue weighted by Gasteiger charge is 2.65. The van der Waals surface area contributed by atoms with Gasteiger partial charge in [-0.1, -0.05) is 6.07 Å². The number of aromatic amines is 1. The van der Waals surface area contributed by atoms with Crippen LogP contribution in [0.2, 0.25) is 0 Å². The van der Waals surface area contributed by atoms with Crippen LogP contribution in [0.5, 0.6) is 11.6 Å². The van der Waals surface area contributed by atoms with Crippen LogP contribution in [0.25, 0.3) is 10.9 Å². The molecule has 1 amide bonds. The topological polar surface area (TPSA) is 135 Å². The molecule has 1 saturated carbocycles. The molecule has 2 aromatic heterocycles. The van der Waals surface area contributed by atoms with Gasteiger partial charge in [-0.15, -0.1) is 0 Å². The van der Waals surface area contributed by atoms with Gasteiger partial charge >= 0.3 is 0 Å². The molecule has 0 bridgehead atoms. The number of pyridine rings is 1. The van der Waals surface area contributed by atoms with Crippen molar-refractivity contribution < 1.29 is 22.7 Å². The zero-order valence-electron chi connectivity index (χ0n) is 20.7. The number of nitrogens with one attached hydrogen (secondary N) is 3. The third-order valence-corrected chi connectivity index (χ3v) is 8.36. The molecule has 2 aromatic carbocycles. The molecule has 190 valence electrons. The molecule has 2 aliphatic rings. The van der Waals surface area contributed by atoms with Gasteiger partial charge in [0.15, 0.2) is 20.7 Å². The van der Waals surface area contributed by atoms with Gasteiger partial charge in [0.1, 0.15) is 11.4 Å². The summed E-state index contributed by atoms with van der Waals surface area (Å²) in [4.78, 5) is 17.2. The number of benzene rings is 2. The maximum absolute atomic E-state index is 13.0. The third-order valence-electron chi connectivity index (χ3n) is 7.24. The minimum atomic E-state index is -3.50. The summed E-state index contributed by atoms with van der Waals surface area (Å²) in [5.74, 6) is 1.48. The maximum atomic E-state index is 13.0. The van der Waals surface area contributed by atoms with E-state index in [0.717, 1.165) is 46.1 Å². The van der Waals surface area contributed by atoms with Crippen LogP contribution in [-0.4, -0.2) is 50.0 Å². The van der Waals surface area contributed by atoms with Crippen LogP contribution < -0.4 is 20.1 Å². The Morgan fingerprint density at radius 3 is 2.65 bits per heavy atom. The highest BCUT2D eigenvalue weighted by molar-refractivity contribution is 7.90. The van der Waals surface area contributed by atoms with Gasteiger partial charge in [-0.2, -0.15) is 10.1 Å². The van der Waals surface area contributed by atoms with E-state index in [1.165, 1.54) is 7.11 Å². The summed E-state index contributed by atoms with van der Waals surface area (Å²) in [6.45, 7) is 1.68. The largest absolute Gasteiger partial charge is 0.497 e. The Hall–Kier alpha value is -4.12. The summed E-state index contributed by atoms with van der Waals surface area (Å²) in [6, 6.07) is 13.4. The number of anilines is 3. The average molecular weight is 520 g/mol. The van der Waals surface area contributed by atoms with E-state index in [1.807, 2.05) is 36.4 Å². The van der Waals surface area contributed by atoms with Crippen LogP contribution in [0.15, 0.2) is 47.5 Å². The van der Waals surface area contributed by atoms with Crippen LogP contribution in [0.3, 0.4) is 0 Å². The van der Waals surface area contributed by atoms with Crippen LogP contribution in [0, 0.1) is 6.92 Å². The summed E-state index contributed by atoms with van der Waals surface area (Å²) in [5, 5.41) is 14.5. The third kappa shape index (κ3) is 3.52. The number of hydrogen-bond donors (Lipinski definition) is 3. The second kappa shape index (κ2) is 7.94. The number of sulfone groups is 1. The Labute approximate surface area is 213 Å². The van der Waals surface area contributed by atoms with Crippen molar-refractivity contribution in [2.24, 2.45) is 0 Å². The highest BCUT2D eigenvalue weighted by atomic mass is 32.2. The van der Waals surface area contributed by atoms with Gasteiger partial charge in [0.2, 0.25) is 11.8 Å². The smallest absolute Gasteiger partial charge is 0.238 e. The Balaban J connectivity index is 1.32. The summed E-state index contributed by atoms with van der Waals surface area (Å²) in [6.07, 6.45) is 1.83. The quantitative estimate of drug-likeness (QED) is 0.350. The summed E-state index contributed by atoms with van der Waals surface area (Å²) < 4.78 is 34.8. The first-order valence-electron chi connectivity index (χ1n) is 11.7. The molecule has 0 saturated heterocycles. The van der Waals surface area contributed by atoms with Gasteiger partial charge in [-0.3, -0.25) is 9.89 Å². The number of amides is 1. The number of carbonyl (C=O) groups excluding carboxylic acids is 1. The second-order valence-electron chi connectivity index (χ2n) is 9.54. The van der Waals surface area contributed by atoms with Crippen LogP contribution in [0.1, 0.15) is 29.0 Å². The molecule has 1 fully saturated rings. The van der Waals surface area contributed by atoms with Crippen molar-refractivity contribution >= 4 is 43.8 Å². The van der Waals surface area contributed by atoms with E-state index in [9.17, 15) is 13.2 Å². The number of carbonyl (C=O) groups is 1. The average Bonchev–Trinajstić information content (AvgIpc) is 3.42. The number of fused-ring (bicyclic) bond motifs is 3. The normalized spacial score (nSPS) is 20.1. The van der Waals surface area contributed by atoms with Crippen molar-refractivity contribution in [2.45, 2.75) is 29.7 Å². The van der Waals surface area contributed by atoms with Crippen molar-refractivity contribution in [3.8, 4) is 11.6 Å². The molecule has 1 aliphatic heterocycles. The number of H-pyrrole nitrogens is 1. The molecule has 37 heavy (non-hydrogen) atoms. The lowest BCUT2D eigenvalue weighted by molar-refractivity contribution is -0.118. The van der Waals surface area contributed by atoms with Gasteiger partial charge in [0.05, 0.1) is 25.2 Å². The molecular formula is C26H25N5O5S. The number of hydrogen-bond acceptors (Lipinski definition) is 8. The van der Waals surface area contributed by atoms with Crippen LogP contribution in [-0.2, 0) is 20.0 Å². The van der Waals surface area contributed by atoms with Crippen molar-refractivity contribution in [3.05, 3.63) is 59.2 Å². The lowest BCUT2D eigenvalue weighted by Crippen LogP contribution is -2.21. The summed E-state index contributed by atoms with van der Waals surface area (Å²) >= 11 is 0. The van der Waals surface area contributed by atoms with E-state index in [1.54, 1.807) is 20.1 Å². The Morgan fingerprint density at radius 1 is 1.11 bits per heavy atom. The predicted octanol–water partition coefficient (Wildman–Crippen LogP) is 3.81. The summed E-state index contributed by atoms with van der Waals surface area (Å²) in [5.41, 5.74) is 4.07. The van der Waals surface area contributed by atoms with Crippen LogP contribution >= 0.6 is 0 Å². The molecular weight excluding hydrogens is 494 g/mol. The number of aryl methyl sites for hydroxylation is 1. The molecule has 2 atom stereocenters. The van der Waals surface area contributed by atoms with Crippen molar-refractivity contribution in [1.82, 2.24) is 15.2 Å². The van der Waals surface area contributed by atoms with Gasteiger partial charge in [0, 0.05) is 23.2 Å². The zero-order valence-corrected chi connectivity index (χ0v) is 21.5. The molecule has 10 nitrogen and oxygen atoms in total. The number of ether oxygens (including phenoxy) is 2. The number of methoxy groups -OCH3 is 2. The Bertz CT molecular complexity index is 1710. The minimum absolute atomic E-state index is 0.0142.